The highest BCUT2D eigenvalue weighted by Gasteiger charge is 2.23. The van der Waals surface area contributed by atoms with Crippen molar-refractivity contribution in [2.45, 2.75) is 19.4 Å². The van der Waals surface area contributed by atoms with Gasteiger partial charge in [-0.15, -0.1) is 0 Å². The van der Waals surface area contributed by atoms with Crippen LogP contribution in [0.5, 0.6) is 0 Å². The van der Waals surface area contributed by atoms with E-state index in [1.807, 2.05) is 0 Å². The van der Waals surface area contributed by atoms with E-state index in [4.69, 9.17) is 5.73 Å². The Morgan fingerprint density at radius 1 is 1.42 bits per heavy atom. The number of halogens is 2. The van der Waals surface area contributed by atoms with Crippen LogP contribution in [-0.2, 0) is 12.5 Å². The summed E-state index contributed by atoms with van der Waals surface area (Å²) in [6, 6.07) is 6.16. The van der Waals surface area contributed by atoms with Gasteiger partial charge in [-0.05, 0) is 11.6 Å². The maximum Gasteiger partial charge on any atom is 0.270 e. The van der Waals surface area contributed by atoms with E-state index >= 15 is 0 Å². The Kier molecular flexibility index (Phi) is 2.43. The third-order valence-electron chi connectivity index (χ3n) is 1.67. The van der Waals surface area contributed by atoms with E-state index in [9.17, 15) is 8.78 Å². The molecule has 0 bridgehead atoms. The van der Waals surface area contributed by atoms with E-state index < -0.39 is 5.92 Å². The van der Waals surface area contributed by atoms with Crippen LogP contribution in [-0.4, -0.2) is 0 Å². The van der Waals surface area contributed by atoms with Gasteiger partial charge in [-0.3, -0.25) is 0 Å². The molecule has 3 heteroatoms. The van der Waals surface area contributed by atoms with E-state index in [1.54, 1.807) is 12.1 Å². The molecule has 0 aliphatic heterocycles. The predicted molar refractivity (Wildman–Crippen MR) is 43.9 cm³/mol. The van der Waals surface area contributed by atoms with Gasteiger partial charge in [0.25, 0.3) is 5.92 Å². The van der Waals surface area contributed by atoms with Gasteiger partial charge in [0.15, 0.2) is 0 Å². The smallest absolute Gasteiger partial charge is 0.270 e. The second-order valence-corrected chi connectivity index (χ2v) is 2.79. The summed E-state index contributed by atoms with van der Waals surface area (Å²) >= 11 is 0. The van der Waals surface area contributed by atoms with Crippen molar-refractivity contribution in [3.8, 4) is 0 Å². The zero-order chi connectivity index (χ0) is 9.19. The van der Waals surface area contributed by atoms with Crippen molar-refractivity contribution in [3.63, 3.8) is 0 Å². The first-order valence-electron chi connectivity index (χ1n) is 3.71. The summed E-state index contributed by atoms with van der Waals surface area (Å²) in [6.07, 6.45) is 0. The molecule has 1 aromatic carbocycles. The van der Waals surface area contributed by atoms with Gasteiger partial charge in [0.2, 0.25) is 0 Å². The van der Waals surface area contributed by atoms with Crippen LogP contribution in [0.3, 0.4) is 0 Å². The van der Waals surface area contributed by atoms with Gasteiger partial charge in [-0.2, -0.15) is 0 Å². The number of benzene rings is 1. The minimum atomic E-state index is -2.77. The lowest BCUT2D eigenvalue weighted by atomic mass is 10.1. The van der Waals surface area contributed by atoms with Crippen LogP contribution in [0.4, 0.5) is 8.78 Å². The first-order valence-corrected chi connectivity index (χ1v) is 3.71. The van der Waals surface area contributed by atoms with Crippen LogP contribution in [0.1, 0.15) is 18.1 Å². The molecule has 0 aromatic heterocycles. The molecule has 0 spiro atoms. The topological polar surface area (TPSA) is 26.0 Å². The lowest BCUT2D eigenvalue weighted by Gasteiger charge is -2.10. The zero-order valence-corrected chi connectivity index (χ0v) is 6.85. The van der Waals surface area contributed by atoms with Crippen LogP contribution in [0, 0.1) is 0 Å². The molecule has 0 amide bonds. The summed E-state index contributed by atoms with van der Waals surface area (Å²) in [5.74, 6) is -2.77. The molecule has 0 saturated heterocycles. The summed E-state index contributed by atoms with van der Waals surface area (Å²) in [6.45, 7) is 1.17. The maximum absolute atomic E-state index is 12.7. The molecule has 0 aliphatic carbocycles. The normalized spacial score (nSPS) is 11.7. The molecule has 2 N–H and O–H groups in total. The van der Waals surface area contributed by atoms with Crippen molar-refractivity contribution in [2.24, 2.45) is 5.73 Å². The van der Waals surface area contributed by atoms with Crippen LogP contribution in [0.25, 0.3) is 0 Å². The molecule has 1 nitrogen and oxygen atoms in total. The molecule has 0 heterocycles. The Morgan fingerprint density at radius 2 is 2.08 bits per heavy atom. The first-order chi connectivity index (χ1) is 5.54. The van der Waals surface area contributed by atoms with E-state index in [-0.39, 0.29) is 5.56 Å². The van der Waals surface area contributed by atoms with Crippen molar-refractivity contribution in [1.82, 2.24) is 0 Å². The van der Waals surface area contributed by atoms with E-state index in [1.165, 1.54) is 12.1 Å². The van der Waals surface area contributed by atoms with Gasteiger partial charge >= 0.3 is 0 Å². The lowest BCUT2D eigenvalue weighted by molar-refractivity contribution is 0.0174. The molecule has 66 valence electrons. The summed E-state index contributed by atoms with van der Waals surface area (Å²) in [4.78, 5) is 0. The third kappa shape index (κ3) is 2.01. The summed E-state index contributed by atoms with van der Waals surface area (Å²) in [5.41, 5.74) is 6.07. The monoisotopic (exact) mass is 171 g/mol. The van der Waals surface area contributed by atoms with Crippen molar-refractivity contribution in [2.75, 3.05) is 0 Å². The van der Waals surface area contributed by atoms with Crippen molar-refractivity contribution in [1.29, 1.82) is 0 Å². The molecule has 0 aliphatic rings. The van der Waals surface area contributed by atoms with Gasteiger partial charge in [0, 0.05) is 19.0 Å². The van der Waals surface area contributed by atoms with Gasteiger partial charge < -0.3 is 5.73 Å². The number of nitrogens with two attached hydrogens (primary N) is 1. The quantitative estimate of drug-likeness (QED) is 0.725. The van der Waals surface area contributed by atoms with Crippen LogP contribution < -0.4 is 5.73 Å². The van der Waals surface area contributed by atoms with Gasteiger partial charge in [0.1, 0.15) is 0 Å². The first kappa shape index (κ1) is 9.13. The van der Waals surface area contributed by atoms with E-state index in [0.29, 0.717) is 6.54 Å². The van der Waals surface area contributed by atoms with Crippen LogP contribution in [0.15, 0.2) is 24.3 Å². The lowest BCUT2D eigenvalue weighted by Crippen LogP contribution is -2.08. The number of hydrogen-bond donors (Lipinski definition) is 1. The highest BCUT2D eigenvalue weighted by Crippen LogP contribution is 2.26. The molecule has 0 atom stereocenters. The van der Waals surface area contributed by atoms with E-state index in [0.717, 1.165) is 12.5 Å². The van der Waals surface area contributed by atoms with Gasteiger partial charge in [-0.25, -0.2) is 8.78 Å². The molecule has 0 fully saturated rings. The average molecular weight is 171 g/mol. The number of hydrogen-bond acceptors (Lipinski definition) is 1. The number of rotatable bonds is 2. The minimum Gasteiger partial charge on any atom is -0.326 e. The predicted octanol–water partition coefficient (Wildman–Crippen LogP) is 2.26. The molecule has 0 radical (unpaired) electrons. The molecule has 1 rings (SSSR count). The Balaban J connectivity index is 3.02. The molecule has 0 saturated carbocycles. The largest absolute Gasteiger partial charge is 0.326 e. The molecular weight excluding hydrogens is 160 g/mol. The fourth-order valence-corrected chi connectivity index (χ4v) is 0.971. The molecule has 0 unspecified atom stereocenters. The second kappa shape index (κ2) is 3.19. The molecular formula is C9H11F2N. The van der Waals surface area contributed by atoms with Crippen molar-refractivity contribution < 1.29 is 8.78 Å². The zero-order valence-electron chi connectivity index (χ0n) is 6.85. The molecule has 12 heavy (non-hydrogen) atoms. The van der Waals surface area contributed by atoms with Crippen LogP contribution in [0.2, 0.25) is 0 Å². The van der Waals surface area contributed by atoms with Crippen molar-refractivity contribution in [3.05, 3.63) is 35.4 Å². The maximum atomic E-state index is 12.7. The SMILES string of the molecule is CC(F)(F)c1cccc(CN)c1. The minimum absolute atomic E-state index is 0.0189. The molecule has 1 aromatic rings. The Labute approximate surface area is 70.2 Å². The van der Waals surface area contributed by atoms with E-state index in [2.05, 4.69) is 0 Å². The van der Waals surface area contributed by atoms with Crippen molar-refractivity contribution >= 4 is 0 Å². The Morgan fingerprint density at radius 3 is 2.58 bits per heavy atom. The Hall–Kier alpha value is -0.960. The fraction of sp³-hybridized carbons (Fsp3) is 0.333. The fourth-order valence-electron chi connectivity index (χ4n) is 0.971. The Bertz CT molecular complexity index is 265. The highest BCUT2D eigenvalue weighted by molar-refractivity contribution is 5.26. The summed E-state index contributed by atoms with van der Waals surface area (Å²) in [5, 5.41) is 0. The van der Waals surface area contributed by atoms with Crippen LogP contribution >= 0.6 is 0 Å². The summed E-state index contributed by atoms with van der Waals surface area (Å²) < 4.78 is 25.5. The standard InChI is InChI=1S/C9H11F2N/c1-9(10,11)8-4-2-3-7(5-8)6-12/h2-5H,6,12H2,1H3. The third-order valence-corrected chi connectivity index (χ3v) is 1.67. The van der Waals surface area contributed by atoms with Gasteiger partial charge in [-0.1, -0.05) is 18.2 Å². The second-order valence-electron chi connectivity index (χ2n) is 2.79. The highest BCUT2D eigenvalue weighted by atomic mass is 19.3. The summed E-state index contributed by atoms with van der Waals surface area (Å²) in [7, 11) is 0. The van der Waals surface area contributed by atoms with Gasteiger partial charge in [0.05, 0.1) is 0 Å². The number of alkyl halides is 2. The average Bonchev–Trinajstić information content (AvgIpc) is 2.03.